The van der Waals surface area contributed by atoms with Crippen molar-refractivity contribution in [1.29, 1.82) is 0 Å². The fourth-order valence-corrected chi connectivity index (χ4v) is 1.50. The van der Waals surface area contributed by atoms with Gasteiger partial charge in [-0.3, -0.25) is 0 Å². The molecule has 0 aliphatic heterocycles. The third-order valence-electron chi connectivity index (χ3n) is 2.96. The molecule has 1 heterocycles. The maximum atomic E-state index is 9.40. The molecule has 0 spiro atoms. The van der Waals surface area contributed by atoms with E-state index < -0.39 is 0 Å². The van der Waals surface area contributed by atoms with Gasteiger partial charge in [0.25, 0.3) is 0 Å². The second kappa shape index (κ2) is 5.12. The topological polar surface area (TPSA) is 45.1 Å². The zero-order valence-corrected chi connectivity index (χ0v) is 9.75. The monoisotopic (exact) mass is 208 g/mol. The fourth-order valence-electron chi connectivity index (χ4n) is 1.50. The highest BCUT2D eigenvalue weighted by molar-refractivity contribution is 5.38. The van der Waals surface area contributed by atoms with Crippen molar-refractivity contribution in [2.24, 2.45) is 0 Å². The molecule has 1 aromatic rings. The predicted molar refractivity (Wildman–Crippen MR) is 63.0 cm³/mol. The standard InChI is InChI=1S/C12H20N2O/c1-4-12(5-2,9-15)14-11-7-6-10(3)8-13-11/h6-8,15H,4-5,9H2,1-3H3,(H,13,14). The number of anilines is 1. The molecular formula is C12H20N2O. The van der Waals surface area contributed by atoms with E-state index in [9.17, 15) is 5.11 Å². The van der Waals surface area contributed by atoms with E-state index in [-0.39, 0.29) is 12.1 Å². The Labute approximate surface area is 91.5 Å². The second-order valence-electron chi connectivity index (χ2n) is 3.99. The number of hydrogen-bond donors (Lipinski definition) is 2. The van der Waals surface area contributed by atoms with Gasteiger partial charge in [0.1, 0.15) is 5.82 Å². The van der Waals surface area contributed by atoms with Gasteiger partial charge in [-0.05, 0) is 31.4 Å². The first-order valence-electron chi connectivity index (χ1n) is 5.47. The molecule has 3 heteroatoms. The summed E-state index contributed by atoms with van der Waals surface area (Å²) >= 11 is 0. The zero-order chi connectivity index (χ0) is 11.3. The number of rotatable bonds is 5. The van der Waals surface area contributed by atoms with Crippen molar-refractivity contribution in [2.75, 3.05) is 11.9 Å². The molecule has 15 heavy (non-hydrogen) atoms. The van der Waals surface area contributed by atoms with Crippen LogP contribution in [0.25, 0.3) is 0 Å². The van der Waals surface area contributed by atoms with Gasteiger partial charge in [0, 0.05) is 6.20 Å². The molecule has 0 fully saturated rings. The third kappa shape index (κ3) is 2.93. The normalized spacial score (nSPS) is 11.5. The van der Waals surface area contributed by atoms with Crippen LogP contribution in [0.3, 0.4) is 0 Å². The van der Waals surface area contributed by atoms with Gasteiger partial charge in [0.2, 0.25) is 0 Å². The van der Waals surface area contributed by atoms with Gasteiger partial charge < -0.3 is 10.4 Å². The summed E-state index contributed by atoms with van der Waals surface area (Å²) in [5.74, 6) is 0.832. The number of aliphatic hydroxyl groups excluding tert-OH is 1. The van der Waals surface area contributed by atoms with E-state index in [1.165, 1.54) is 0 Å². The molecule has 1 rings (SSSR count). The molecule has 0 saturated heterocycles. The lowest BCUT2D eigenvalue weighted by atomic mass is 9.94. The summed E-state index contributed by atoms with van der Waals surface area (Å²) in [6.45, 7) is 6.28. The Hall–Kier alpha value is -1.09. The van der Waals surface area contributed by atoms with Crippen molar-refractivity contribution in [1.82, 2.24) is 4.98 Å². The Kier molecular flexibility index (Phi) is 4.09. The minimum Gasteiger partial charge on any atom is -0.394 e. The first kappa shape index (κ1) is 12.0. The molecule has 0 aliphatic carbocycles. The molecule has 1 aromatic heterocycles. The summed E-state index contributed by atoms with van der Waals surface area (Å²) in [6.07, 6.45) is 3.60. The highest BCUT2D eigenvalue weighted by atomic mass is 16.3. The molecule has 84 valence electrons. The van der Waals surface area contributed by atoms with E-state index in [1.807, 2.05) is 25.3 Å². The van der Waals surface area contributed by atoms with Crippen molar-refractivity contribution in [3.05, 3.63) is 23.9 Å². The molecular weight excluding hydrogens is 188 g/mol. The number of pyridine rings is 1. The average Bonchev–Trinajstić information content (AvgIpc) is 2.29. The molecule has 0 aromatic carbocycles. The number of aryl methyl sites for hydroxylation is 1. The summed E-state index contributed by atoms with van der Waals surface area (Å²) in [5.41, 5.74) is 0.908. The van der Waals surface area contributed by atoms with Crippen LogP contribution in [-0.2, 0) is 0 Å². The average molecular weight is 208 g/mol. The van der Waals surface area contributed by atoms with Crippen LogP contribution >= 0.6 is 0 Å². The number of nitrogens with one attached hydrogen (secondary N) is 1. The van der Waals surface area contributed by atoms with E-state index in [0.717, 1.165) is 24.2 Å². The summed E-state index contributed by atoms with van der Waals surface area (Å²) in [5, 5.41) is 12.7. The van der Waals surface area contributed by atoms with Crippen molar-refractivity contribution >= 4 is 5.82 Å². The third-order valence-corrected chi connectivity index (χ3v) is 2.96. The van der Waals surface area contributed by atoms with E-state index in [0.29, 0.717) is 0 Å². The van der Waals surface area contributed by atoms with E-state index in [1.54, 1.807) is 0 Å². The van der Waals surface area contributed by atoms with Crippen LogP contribution in [0.4, 0.5) is 5.82 Å². The molecule has 2 N–H and O–H groups in total. The van der Waals surface area contributed by atoms with Crippen LogP contribution in [0.5, 0.6) is 0 Å². The summed E-state index contributed by atoms with van der Waals surface area (Å²) in [4.78, 5) is 4.28. The summed E-state index contributed by atoms with van der Waals surface area (Å²) in [7, 11) is 0. The molecule has 0 atom stereocenters. The summed E-state index contributed by atoms with van der Waals surface area (Å²) < 4.78 is 0. The first-order valence-corrected chi connectivity index (χ1v) is 5.47. The highest BCUT2D eigenvalue weighted by Gasteiger charge is 2.24. The van der Waals surface area contributed by atoms with E-state index in [2.05, 4.69) is 24.1 Å². The number of aromatic nitrogens is 1. The van der Waals surface area contributed by atoms with Crippen molar-refractivity contribution in [3.63, 3.8) is 0 Å². The predicted octanol–water partition coefficient (Wildman–Crippen LogP) is 2.35. The quantitative estimate of drug-likeness (QED) is 0.780. The Morgan fingerprint density at radius 1 is 1.33 bits per heavy atom. The molecule has 3 nitrogen and oxygen atoms in total. The lowest BCUT2D eigenvalue weighted by molar-refractivity contribution is 0.202. The number of aliphatic hydroxyl groups is 1. The van der Waals surface area contributed by atoms with Crippen molar-refractivity contribution in [3.8, 4) is 0 Å². The molecule has 0 radical (unpaired) electrons. The Bertz CT molecular complexity index is 283. The lowest BCUT2D eigenvalue weighted by Gasteiger charge is -2.31. The Morgan fingerprint density at radius 3 is 2.40 bits per heavy atom. The van der Waals surface area contributed by atoms with Gasteiger partial charge in [-0.1, -0.05) is 19.9 Å². The smallest absolute Gasteiger partial charge is 0.126 e. The van der Waals surface area contributed by atoms with Crippen LogP contribution in [0.1, 0.15) is 32.3 Å². The largest absolute Gasteiger partial charge is 0.394 e. The molecule has 0 amide bonds. The number of nitrogens with zero attached hydrogens (tertiary/aromatic N) is 1. The van der Waals surface area contributed by atoms with Gasteiger partial charge in [-0.15, -0.1) is 0 Å². The van der Waals surface area contributed by atoms with E-state index >= 15 is 0 Å². The molecule has 0 aliphatic rings. The fraction of sp³-hybridized carbons (Fsp3) is 0.583. The van der Waals surface area contributed by atoms with Crippen LogP contribution in [0, 0.1) is 6.92 Å². The second-order valence-corrected chi connectivity index (χ2v) is 3.99. The maximum Gasteiger partial charge on any atom is 0.126 e. The Balaban J connectivity index is 2.78. The SMILES string of the molecule is CCC(CC)(CO)Nc1ccc(C)cn1. The van der Waals surface area contributed by atoms with Crippen molar-refractivity contribution in [2.45, 2.75) is 39.2 Å². The minimum atomic E-state index is -0.234. The van der Waals surface area contributed by atoms with Gasteiger partial charge in [0.15, 0.2) is 0 Å². The molecule has 0 unspecified atom stereocenters. The maximum absolute atomic E-state index is 9.40. The lowest BCUT2D eigenvalue weighted by Crippen LogP contribution is -2.41. The van der Waals surface area contributed by atoms with Gasteiger partial charge in [0.05, 0.1) is 12.1 Å². The van der Waals surface area contributed by atoms with Crippen LogP contribution in [0.2, 0.25) is 0 Å². The molecule has 0 saturated carbocycles. The number of hydrogen-bond acceptors (Lipinski definition) is 3. The van der Waals surface area contributed by atoms with Crippen LogP contribution < -0.4 is 5.32 Å². The Morgan fingerprint density at radius 2 is 2.00 bits per heavy atom. The summed E-state index contributed by atoms with van der Waals surface area (Å²) in [6, 6.07) is 3.97. The first-order chi connectivity index (χ1) is 7.15. The van der Waals surface area contributed by atoms with Crippen LogP contribution in [-0.4, -0.2) is 22.2 Å². The zero-order valence-electron chi connectivity index (χ0n) is 9.75. The van der Waals surface area contributed by atoms with Crippen molar-refractivity contribution < 1.29 is 5.11 Å². The van der Waals surface area contributed by atoms with Gasteiger partial charge >= 0.3 is 0 Å². The van der Waals surface area contributed by atoms with Gasteiger partial charge in [-0.25, -0.2) is 4.98 Å². The minimum absolute atomic E-state index is 0.134. The van der Waals surface area contributed by atoms with Gasteiger partial charge in [-0.2, -0.15) is 0 Å². The van der Waals surface area contributed by atoms with E-state index in [4.69, 9.17) is 0 Å². The highest BCUT2D eigenvalue weighted by Crippen LogP contribution is 2.20. The molecule has 0 bridgehead atoms. The van der Waals surface area contributed by atoms with Crippen LogP contribution in [0.15, 0.2) is 18.3 Å².